The lowest BCUT2D eigenvalue weighted by molar-refractivity contribution is -0.0509. The van der Waals surface area contributed by atoms with E-state index < -0.39 is 44.5 Å². The molecule has 3 heterocycles. The molecule has 0 aromatic carbocycles. The summed E-state index contributed by atoms with van der Waals surface area (Å²) < 4.78 is 23.2. The van der Waals surface area contributed by atoms with Gasteiger partial charge in [0.25, 0.3) is 5.56 Å². The molecule has 2 aromatic heterocycles. The van der Waals surface area contributed by atoms with Crippen molar-refractivity contribution in [2.24, 2.45) is 7.05 Å². The highest BCUT2D eigenvalue weighted by molar-refractivity contribution is 7.46. The predicted molar refractivity (Wildman–Crippen MR) is 81.1 cm³/mol. The monoisotopic (exact) mass is 377 g/mol. The standard InChI is InChI=1S/C11H16N5O8P/c1-15-9(19)5-8(14-11(15)12)16(3-13-5)10-6(18)7(4(2-17)23-10)24-25(20,21)22/h3-4,6-7,10,17-18H,2H2,1H3,(H2,12,14)(H2,20,21,22)/t4-,6-,7-,10-/m1/s1. The summed E-state index contributed by atoms with van der Waals surface area (Å²) in [6.07, 6.45) is -4.38. The zero-order valence-electron chi connectivity index (χ0n) is 12.8. The minimum atomic E-state index is -4.94. The number of nitrogen functional groups attached to an aromatic ring is 1. The first-order valence-electron chi connectivity index (χ1n) is 7.01. The first-order valence-corrected chi connectivity index (χ1v) is 8.54. The third kappa shape index (κ3) is 3.06. The molecule has 6 N–H and O–H groups in total. The Labute approximate surface area is 139 Å². The van der Waals surface area contributed by atoms with Crippen LogP contribution in [0.3, 0.4) is 0 Å². The molecule has 3 rings (SSSR count). The third-order valence-electron chi connectivity index (χ3n) is 3.86. The Morgan fingerprint density at radius 3 is 2.76 bits per heavy atom. The molecule has 1 aliphatic heterocycles. The van der Waals surface area contributed by atoms with Crippen LogP contribution in [0.4, 0.5) is 5.95 Å². The predicted octanol–water partition coefficient (Wildman–Crippen LogP) is -2.56. The Morgan fingerprint density at radius 2 is 2.16 bits per heavy atom. The molecular weight excluding hydrogens is 361 g/mol. The van der Waals surface area contributed by atoms with E-state index >= 15 is 0 Å². The normalized spacial score (nSPS) is 27.2. The van der Waals surface area contributed by atoms with Gasteiger partial charge in [-0.05, 0) is 0 Å². The first kappa shape index (κ1) is 17.9. The van der Waals surface area contributed by atoms with Crippen LogP contribution in [0.15, 0.2) is 11.1 Å². The molecule has 4 atom stereocenters. The van der Waals surface area contributed by atoms with Crippen LogP contribution >= 0.6 is 7.82 Å². The van der Waals surface area contributed by atoms with Crippen molar-refractivity contribution in [3.63, 3.8) is 0 Å². The van der Waals surface area contributed by atoms with Crippen molar-refractivity contribution in [2.45, 2.75) is 24.5 Å². The number of aliphatic hydroxyl groups is 2. The number of aliphatic hydroxyl groups excluding tert-OH is 2. The largest absolute Gasteiger partial charge is 0.470 e. The molecule has 2 aromatic rings. The SMILES string of the molecule is Cn1c(N)nc2c(ncn2[C@@H]2O[C@H](CO)[C@@H](OP(=O)(O)O)[C@H]2O)c1=O. The zero-order valence-corrected chi connectivity index (χ0v) is 13.7. The lowest BCUT2D eigenvalue weighted by Gasteiger charge is -2.20. The number of nitrogens with two attached hydrogens (primary N) is 1. The van der Waals surface area contributed by atoms with E-state index in [1.807, 2.05) is 0 Å². The van der Waals surface area contributed by atoms with Gasteiger partial charge in [-0.25, -0.2) is 9.55 Å². The summed E-state index contributed by atoms with van der Waals surface area (Å²) in [5, 5.41) is 19.7. The van der Waals surface area contributed by atoms with Crippen LogP contribution in [-0.2, 0) is 20.9 Å². The summed E-state index contributed by atoms with van der Waals surface area (Å²) in [5.41, 5.74) is 5.11. The van der Waals surface area contributed by atoms with Crippen molar-refractivity contribution in [1.82, 2.24) is 19.1 Å². The molecule has 14 heteroatoms. The molecular formula is C11H16N5O8P. The van der Waals surface area contributed by atoms with Gasteiger partial charge >= 0.3 is 7.82 Å². The van der Waals surface area contributed by atoms with E-state index in [0.29, 0.717) is 0 Å². The van der Waals surface area contributed by atoms with E-state index in [0.717, 1.165) is 4.57 Å². The maximum atomic E-state index is 12.1. The van der Waals surface area contributed by atoms with Crippen LogP contribution in [0.25, 0.3) is 11.2 Å². The average Bonchev–Trinajstić information content (AvgIpc) is 3.06. The highest BCUT2D eigenvalue weighted by Crippen LogP contribution is 2.44. The van der Waals surface area contributed by atoms with Crippen molar-refractivity contribution >= 4 is 24.9 Å². The molecule has 0 aliphatic carbocycles. The summed E-state index contributed by atoms with van der Waals surface area (Å²) in [4.78, 5) is 38.0. The van der Waals surface area contributed by atoms with Gasteiger partial charge in [-0.15, -0.1) is 0 Å². The Hall–Kier alpha value is -1.86. The number of rotatable bonds is 4. The summed E-state index contributed by atoms with van der Waals surface area (Å²) in [7, 11) is -3.53. The second-order valence-electron chi connectivity index (χ2n) is 5.46. The van der Waals surface area contributed by atoms with Crippen molar-refractivity contribution in [3.8, 4) is 0 Å². The number of aromatic nitrogens is 4. The molecule has 0 bridgehead atoms. The lowest BCUT2D eigenvalue weighted by Crippen LogP contribution is -2.35. The average molecular weight is 377 g/mol. The number of anilines is 1. The van der Waals surface area contributed by atoms with Gasteiger partial charge in [0, 0.05) is 7.05 Å². The summed E-state index contributed by atoms with van der Waals surface area (Å²) in [5.74, 6) is -0.103. The second kappa shape index (κ2) is 6.14. The van der Waals surface area contributed by atoms with Gasteiger partial charge in [0.2, 0.25) is 5.95 Å². The van der Waals surface area contributed by atoms with Crippen LogP contribution in [0.5, 0.6) is 0 Å². The van der Waals surface area contributed by atoms with Crippen molar-refractivity contribution in [3.05, 3.63) is 16.7 Å². The molecule has 0 spiro atoms. The highest BCUT2D eigenvalue weighted by Gasteiger charge is 2.48. The topological polar surface area (TPSA) is 195 Å². The van der Waals surface area contributed by atoms with E-state index in [1.54, 1.807) is 0 Å². The number of nitrogens with zero attached hydrogens (tertiary/aromatic N) is 4. The van der Waals surface area contributed by atoms with E-state index in [2.05, 4.69) is 14.5 Å². The van der Waals surface area contributed by atoms with Gasteiger partial charge in [0.05, 0.1) is 12.9 Å². The van der Waals surface area contributed by atoms with Crippen LogP contribution in [0.1, 0.15) is 6.23 Å². The number of hydrogen-bond acceptors (Lipinski definition) is 9. The number of ether oxygens (including phenoxy) is 1. The maximum Gasteiger partial charge on any atom is 0.470 e. The van der Waals surface area contributed by atoms with Gasteiger partial charge in [0.1, 0.15) is 18.3 Å². The Morgan fingerprint density at radius 1 is 1.48 bits per heavy atom. The number of hydrogen-bond donors (Lipinski definition) is 5. The minimum Gasteiger partial charge on any atom is -0.394 e. The van der Waals surface area contributed by atoms with Gasteiger partial charge in [-0.3, -0.25) is 18.5 Å². The Kier molecular flexibility index (Phi) is 4.41. The molecule has 13 nitrogen and oxygen atoms in total. The smallest absolute Gasteiger partial charge is 0.394 e. The molecule has 25 heavy (non-hydrogen) atoms. The maximum absolute atomic E-state index is 12.1. The quantitative estimate of drug-likeness (QED) is 0.352. The molecule has 0 amide bonds. The molecule has 138 valence electrons. The Balaban J connectivity index is 2.04. The third-order valence-corrected chi connectivity index (χ3v) is 4.38. The summed E-state index contributed by atoms with van der Waals surface area (Å²) in [6.45, 7) is -0.664. The van der Waals surface area contributed by atoms with E-state index in [4.69, 9.17) is 20.3 Å². The lowest BCUT2D eigenvalue weighted by atomic mass is 10.1. The summed E-state index contributed by atoms with van der Waals surface area (Å²) in [6, 6.07) is 0. The minimum absolute atomic E-state index is 0.0122. The van der Waals surface area contributed by atoms with Crippen LogP contribution in [0, 0.1) is 0 Å². The van der Waals surface area contributed by atoms with Crippen LogP contribution in [-0.4, -0.2) is 64.0 Å². The number of phosphoric ester groups is 1. The number of phosphoric acid groups is 1. The molecule has 0 radical (unpaired) electrons. The van der Waals surface area contributed by atoms with Crippen molar-refractivity contribution in [2.75, 3.05) is 12.3 Å². The highest BCUT2D eigenvalue weighted by atomic mass is 31.2. The zero-order chi connectivity index (χ0) is 18.5. The van der Waals surface area contributed by atoms with Crippen molar-refractivity contribution in [1.29, 1.82) is 0 Å². The molecule has 0 unspecified atom stereocenters. The second-order valence-corrected chi connectivity index (χ2v) is 6.65. The molecule has 1 aliphatic rings. The van der Waals surface area contributed by atoms with E-state index in [-0.39, 0.29) is 17.1 Å². The van der Waals surface area contributed by atoms with Crippen molar-refractivity contribution < 1.29 is 33.8 Å². The summed E-state index contributed by atoms with van der Waals surface area (Å²) >= 11 is 0. The van der Waals surface area contributed by atoms with Gasteiger partial charge in [-0.2, -0.15) is 4.98 Å². The fourth-order valence-electron chi connectivity index (χ4n) is 2.63. The fraction of sp³-hybridized carbons (Fsp3) is 0.545. The van der Waals surface area contributed by atoms with Gasteiger partial charge < -0.3 is 30.5 Å². The fourth-order valence-corrected chi connectivity index (χ4v) is 3.21. The van der Waals surface area contributed by atoms with Gasteiger partial charge in [-0.1, -0.05) is 0 Å². The van der Waals surface area contributed by atoms with Crippen LogP contribution in [0.2, 0.25) is 0 Å². The van der Waals surface area contributed by atoms with E-state index in [1.165, 1.54) is 17.9 Å². The number of fused-ring (bicyclic) bond motifs is 1. The van der Waals surface area contributed by atoms with Crippen LogP contribution < -0.4 is 11.3 Å². The molecule has 1 fully saturated rings. The molecule has 0 saturated carbocycles. The Bertz CT molecular complexity index is 906. The number of imidazole rings is 1. The van der Waals surface area contributed by atoms with E-state index in [9.17, 15) is 19.6 Å². The molecule has 1 saturated heterocycles. The first-order chi connectivity index (χ1) is 11.6. The van der Waals surface area contributed by atoms with Gasteiger partial charge in [0.15, 0.2) is 17.4 Å².